The van der Waals surface area contributed by atoms with Crippen LogP contribution in [0, 0.1) is 5.82 Å². The molecule has 0 spiro atoms. The number of halogens is 1. The number of anilines is 1. The van der Waals surface area contributed by atoms with Crippen molar-refractivity contribution in [2.45, 2.75) is 13.3 Å². The zero-order valence-corrected chi connectivity index (χ0v) is 16.5. The molecule has 0 unspecified atom stereocenters. The minimum atomic E-state index is -0.298. The lowest BCUT2D eigenvalue weighted by atomic mass is 10.2. The second kappa shape index (κ2) is 9.73. The molecular weight excluding hydrogens is 363 g/mol. The smallest absolute Gasteiger partial charge is 0.409 e. The zero-order chi connectivity index (χ0) is 19.9. The number of amides is 2. The third kappa shape index (κ3) is 5.34. The van der Waals surface area contributed by atoms with Gasteiger partial charge in [0.15, 0.2) is 0 Å². The van der Waals surface area contributed by atoms with Gasteiger partial charge in [0.1, 0.15) is 5.82 Å². The fourth-order valence-corrected chi connectivity index (χ4v) is 3.65. The van der Waals surface area contributed by atoms with Crippen LogP contribution in [0.4, 0.5) is 14.9 Å². The molecule has 2 fully saturated rings. The molecule has 3 rings (SSSR count). The van der Waals surface area contributed by atoms with Gasteiger partial charge in [-0.15, -0.1) is 0 Å². The van der Waals surface area contributed by atoms with E-state index in [1.807, 2.05) is 17.0 Å². The SMILES string of the molecule is CCOC(=O)N1CCN(C(=O)CCN2CCN(c3ccc(F)cc3)CC2)CC1. The molecule has 2 aliphatic heterocycles. The number of carbonyl (C=O) groups is 2. The molecule has 2 amide bonds. The highest BCUT2D eigenvalue weighted by molar-refractivity contribution is 5.77. The summed E-state index contributed by atoms with van der Waals surface area (Å²) in [6.07, 6.45) is 0.198. The first-order chi connectivity index (χ1) is 13.6. The Labute approximate surface area is 165 Å². The van der Waals surface area contributed by atoms with Crippen LogP contribution in [-0.2, 0) is 9.53 Å². The Morgan fingerprint density at radius 3 is 2.14 bits per heavy atom. The van der Waals surface area contributed by atoms with Crippen molar-refractivity contribution < 1.29 is 18.7 Å². The second-order valence-electron chi connectivity index (χ2n) is 7.12. The Bertz CT molecular complexity index is 654. The molecule has 2 saturated heterocycles. The fourth-order valence-electron chi connectivity index (χ4n) is 3.65. The van der Waals surface area contributed by atoms with E-state index >= 15 is 0 Å². The van der Waals surface area contributed by atoms with Gasteiger partial charge in [0.2, 0.25) is 5.91 Å². The van der Waals surface area contributed by atoms with Gasteiger partial charge in [0.25, 0.3) is 0 Å². The van der Waals surface area contributed by atoms with E-state index in [0.717, 1.165) is 38.4 Å². The third-order valence-electron chi connectivity index (χ3n) is 5.36. The number of ether oxygens (including phenoxy) is 1. The molecule has 0 N–H and O–H groups in total. The van der Waals surface area contributed by atoms with Crippen molar-refractivity contribution in [3.8, 4) is 0 Å². The summed E-state index contributed by atoms with van der Waals surface area (Å²) in [6, 6.07) is 6.60. The van der Waals surface area contributed by atoms with E-state index in [1.165, 1.54) is 12.1 Å². The van der Waals surface area contributed by atoms with Crippen molar-refractivity contribution in [1.29, 1.82) is 0 Å². The minimum Gasteiger partial charge on any atom is -0.450 e. The number of benzene rings is 1. The molecule has 0 aliphatic carbocycles. The Hall–Kier alpha value is -2.35. The maximum Gasteiger partial charge on any atom is 0.409 e. The number of piperazine rings is 2. The molecule has 28 heavy (non-hydrogen) atoms. The zero-order valence-electron chi connectivity index (χ0n) is 16.5. The van der Waals surface area contributed by atoms with E-state index in [4.69, 9.17) is 4.74 Å². The Morgan fingerprint density at radius 2 is 1.54 bits per heavy atom. The number of nitrogens with zero attached hydrogens (tertiary/aromatic N) is 4. The number of rotatable bonds is 5. The minimum absolute atomic E-state index is 0.143. The van der Waals surface area contributed by atoms with Crippen LogP contribution in [0.3, 0.4) is 0 Å². The largest absolute Gasteiger partial charge is 0.450 e. The Morgan fingerprint density at radius 1 is 0.929 bits per heavy atom. The summed E-state index contributed by atoms with van der Waals surface area (Å²) in [4.78, 5) is 32.2. The quantitative estimate of drug-likeness (QED) is 0.763. The lowest BCUT2D eigenvalue weighted by Crippen LogP contribution is -2.51. The molecule has 154 valence electrons. The number of hydrogen-bond donors (Lipinski definition) is 0. The highest BCUT2D eigenvalue weighted by atomic mass is 19.1. The molecule has 1 aromatic rings. The summed E-state index contributed by atoms with van der Waals surface area (Å²) in [5.74, 6) is -0.0755. The second-order valence-corrected chi connectivity index (χ2v) is 7.12. The summed E-state index contributed by atoms with van der Waals surface area (Å²) in [6.45, 7) is 8.62. The molecule has 8 heteroatoms. The summed E-state index contributed by atoms with van der Waals surface area (Å²) >= 11 is 0. The van der Waals surface area contributed by atoms with E-state index in [1.54, 1.807) is 11.8 Å². The third-order valence-corrected chi connectivity index (χ3v) is 5.36. The van der Waals surface area contributed by atoms with Gasteiger partial charge in [0.05, 0.1) is 6.61 Å². The molecule has 1 aromatic carbocycles. The van der Waals surface area contributed by atoms with Crippen molar-refractivity contribution in [2.75, 3.05) is 70.4 Å². The molecule has 0 aromatic heterocycles. The molecule has 0 atom stereocenters. The van der Waals surface area contributed by atoms with Crippen molar-refractivity contribution in [1.82, 2.24) is 14.7 Å². The maximum absolute atomic E-state index is 13.1. The molecule has 2 heterocycles. The van der Waals surface area contributed by atoms with Crippen molar-refractivity contribution in [3.05, 3.63) is 30.1 Å². The predicted octanol–water partition coefficient (Wildman–Crippen LogP) is 1.64. The molecular formula is C20H29FN4O3. The van der Waals surface area contributed by atoms with Gasteiger partial charge in [0, 0.05) is 71.0 Å². The lowest BCUT2D eigenvalue weighted by molar-refractivity contribution is -0.133. The van der Waals surface area contributed by atoms with Crippen LogP contribution in [0.25, 0.3) is 0 Å². The summed E-state index contributed by atoms with van der Waals surface area (Å²) in [5.41, 5.74) is 1.04. The predicted molar refractivity (Wildman–Crippen MR) is 105 cm³/mol. The summed E-state index contributed by atoms with van der Waals surface area (Å²) in [7, 11) is 0. The van der Waals surface area contributed by atoms with E-state index in [-0.39, 0.29) is 17.8 Å². The fraction of sp³-hybridized carbons (Fsp3) is 0.600. The molecule has 0 radical (unpaired) electrons. The average Bonchev–Trinajstić information content (AvgIpc) is 2.73. The molecule has 0 bridgehead atoms. The van der Waals surface area contributed by atoms with Gasteiger partial charge in [-0.25, -0.2) is 9.18 Å². The molecule has 0 saturated carbocycles. The average molecular weight is 392 g/mol. The standard InChI is InChI=1S/C20H29FN4O3/c1-2-28-20(27)25-15-13-24(14-16-25)19(26)7-8-22-9-11-23(12-10-22)18-5-3-17(21)4-6-18/h3-6H,2,7-16H2,1H3. The highest BCUT2D eigenvalue weighted by Crippen LogP contribution is 2.17. The topological polar surface area (TPSA) is 56.3 Å². The van der Waals surface area contributed by atoms with Crippen LogP contribution in [-0.4, -0.2) is 92.2 Å². The van der Waals surface area contributed by atoms with Crippen LogP contribution in [0.15, 0.2) is 24.3 Å². The molecule has 2 aliphatic rings. The van der Waals surface area contributed by atoms with Gasteiger partial charge >= 0.3 is 6.09 Å². The highest BCUT2D eigenvalue weighted by Gasteiger charge is 2.25. The lowest BCUT2D eigenvalue weighted by Gasteiger charge is -2.37. The van der Waals surface area contributed by atoms with E-state index < -0.39 is 0 Å². The van der Waals surface area contributed by atoms with Gasteiger partial charge < -0.3 is 19.4 Å². The first-order valence-corrected chi connectivity index (χ1v) is 9.99. The van der Waals surface area contributed by atoms with Crippen molar-refractivity contribution >= 4 is 17.7 Å². The first kappa shape index (κ1) is 20.4. The van der Waals surface area contributed by atoms with Crippen LogP contribution in [0.2, 0.25) is 0 Å². The van der Waals surface area contributed by atoms with Crippen LogP contribution in [0.1, 0.15) is 13.3 Å². The van der Waals surface area contributed by atoms with E-state index in [2.05, 4.69) is 9.80 Å². The van der Waals surface area contributed by atoms with Gasteiger partial charge in [-0.3, -0.25) is 9.69 Å². The van der Waals surface area contributed by atoms with Gasteiger partial charge in [-0.1, -0.05) is 0 Å². The van der Waals surface area contributed by atoms with Crippen LogP contribution >= 0.6 is 0 Å². The van der Waals surface area contributed by atoms with Crippen LogP contribution in [0.5, 0.6) is 0 Å². The van der Waals surface area contributed by atoms with Crippen molar-refractivity contribution in [2.24, 2.45) is 0 Å². The van der Waals surface area contributed by atoms with E-state index in [0.29, 0.717) is 39.2 Å². The Balaban J connectivity index is 1.36. The monoisotopic (exact) mass is 392 g/mol. The number of carbonyl (C=O) groups excluding carboxylic acids is 2. The molecule has 7 nitrogen and oxygen atoms in total. The van der Waals surface area contributed by atoms with Gasteiger partial charge in [-0.2, -0.15) is 0 Å². The first-order valence-electron chi connectivity index (χ1n) is 9.99. The van der Waals surface area contributed by atoms with Gasteiger partial charge in [-0.05, 0) is 31.2 Å². The Kier molecular flexibility index (Phi) is 7.08. The summed E-state index contributed by atoms with van der Waals surface area (Å²) in [5, 5.41) is 0. The number of hydrogen-bond acceptors (Lipinski definition) is 5. The van der Waals surface area contributed by atoms with Crippen LogP contribution < -0.4 is 4.90 Å². The summed E-state index contributed by atoms with van der Waals surface area (Å²) < 4.78 is 18.1. The van der Waals surface area contributed by atoms with Crippen molar-refractivity contribution in [3.63, 3.8) is 0 Å². The van der Waals surface area contributed by atoms with E-state index in [9.17, 15) is 14.0 Å². The maximum atomic E-state index is 13.1. The normalized spacial score (nSPS) is 18.3.